The van der Waals surface area contributed by atoms with Crippen LogP contribution in [0.15, 0.2) is 59.3 Å². The Bertz CT molecular complexity index is 1260. The van der Waals surface area contributed by atoms with Gasteiger partial charge < -0.3 is 10.4 Å². The van der Waals surface area contributed by atoms with Crippen LogP contribution in [-0.4, -0.2) is 41.6 Å². The van der Waals surface area contributed by atoms with Crippen molar-refractivity contribution in [2.75, 3.05) is 16.3 Å². The molecule has 170 valence electrons. The Morgan fingerprint density at radius 1 is 1.19 bits per heavy atom. The Kier molecular flexibility index (Phi) is 6.62. The van der Waals surface area contributed by atoms with Crippen molar-refractivity contribution >= 4 is 43.2 Å². The monoisotopic (exact) mass is 532 g/mol. The summed E-state index contributed by atoms with van der Waals surface area (Å²) in [6, 6.07) is 9.69. The van der Waals surface area contributed by atoms with Crippen molar-refractivity contribution < 1.29 is 31.5 Å². The number of hydrogen-bond donors (Lipinski definition) is 3. The number of aromatic nitrogens is 2. The fourth-order valence-corrected chi connectivity index (χ4v) is 3.85. The van der Waals surface area contributed by atoms with E-state index in [1.165, 1.54) is 42.6 Å². The second-order valence-corrected chi connectivity index (χ2v) is 9.40. The Balaban J connectivity index is 1.86. The number of nitrogens with one attached hydrogen (secondary N) is 2. The van der Waals surface area contributed by atoms with Gasteiger partial charge in [-0.15, -0.1) is 0 Å². The maximum absolute atomic E-state index is 13.0. The largest absolute Gasteiger partial charge is 0.418 e. The van der Waals surface area contributed by atoms with Crippen LogP contribution in [0.2, 0.25) is 0 Å². The summed E-state index contributed by atoms with van der Waals surface area (Å²) in [5.74, 6) is -0.631. The molecule has 3 N–H and O–H groups in total. The van der Waals surface area contributed by atoms with Crippen LogP contribution >= 0.6 is 15.9 Å². The van der Waals surface area contributed by atoms with Crippen molar-refractivity contribution in [2.24, 2.45) is 0 Å². The number of aliphatic hydroxyl groups is 1. The number of para-hydroxylation sites is 1. The number of anilines is 2. The number of sulfonamides is 1. The first-order valence-corrected chi connectivity index (χ1v) is 11.5. The fourth-order valence-electron chi connectivity index (χ4n) is 2.81. The molecule has 1 unspecified atom stereocenters. The van der Waals surface area contributed by atoms with E-state index in [0.29, 0.717) is 4.47 Å². The van der Waals surface area contributed by atoms with Gasteiger partial charge in [0.15, 0.2) is 6.10 Å². The lowest BCUT2D eigenvalue weighted by Crippen LogP contribution is -2.21. The average Bonchev–Trinajstić information content (AvgIpc) is 3.15. The van der Waals surface area contributed by atoms with Crippen LogP contribution in [0.25, 0.3) is 5.69 Å². The highest BCUT2D eigenvalue weighted by molar-refractivity contribution is 9.10. The van der Waals surface area contributed by atoms with Crippen molar-refractivity contribution in [3.8, 4) is 5.69 Å². The van der Waals surface area contributed by atoms with Crippen LogP contribution in [0, 0.1) is 0 Å². The summed E-state index contributed by atoms with van der Waals surface area (Å²) < 4.78 is 65.6. The average molecular weight is 533 g/mol. The van der Waals surface area contributed by atoms with E-state index in [4.69, 9.17) is 0 Å². The van der Waals surface area contributed by atoms with E-state index >= 15 is 0 Å². The van der Waals surface area contributed by atoms with Crippen molar-refractivity contribution in [1.82, 2.24) is 9.78 Å². The number of alkyl halides is 3. The maximum Gasteiger partial charge on any atom is 0.418 e. The molecule has 0 saturated carbocycles. The molecule has 0 aliphatic rings. The number of halogens is 4. The third kappa shape index (κ3) is 5.87. The molecule has 13 heteroatoms. The number of carbonyl (C=O) groups excluding carboxylic acids is 1. The Labute approximate surface area is 189 Å². The predicted molar refractivity (Wildman–Crippen MR) is 115 cm³/mol. The molecule has 0 fully saturated rings. The second kappa shape index (κ2) is 8.92. The summed E-state index contributed by atoms with van der Waals surface area (Å²) in [5, 5.41) is 16.1. The molecule has 3 rings (SSSR count). The van der Waals surface area contributed by atoms with Crippen molar-refractivity contribution in [1.29, 1.82) is 0 Å². The summed E-state index contributed by atoms with van der Waals surface area (Å²) in [7, 11) is -3.54. The molecule has 0 aliphatic heterocycles. The maximum atomic E-state index is 13.0. The Morgan fingerprint density at radius 3 is 2.50 bits per heavy atom. The topological polar surface area (TPSA) is 113 Å². The second-order valence-electron chi connectivity index (χ2n) is 6.73. The number of amides is 1. The number of aliphatic hydroxyl groups excluding tert-OH is 1. The minimum Gasteiger partial charge on any atom is -0.379 e. The number of rotatable bonds is 6. The SMILES string of the molecule is CS(=O)(=O)Nc1cc(Br)cc(NC(=O)c2cnn(-c3ccccc3C(O)C(F)(F)F)c2)c1. The van der Waals surface area contributed by atoms with Gasteiger partial charge >= 0.3 is 6.18 Å². The predicted octanol–water partition coefficient (Wildman–Crippen LogP) is 3.85. The highest BCUT2D eigenvalue weighted by Gasteiger charge is 2.40. The van der Waals surface area contributed by atoms with Gasteiger partial charge in [-0.1, -0.05) is 34.1 Å². The van der Waals surface area contributed by atoms with Crippen molar-refractivity contribution in [3.63, 3.8) is 0 Å². The normalized spacial score (nSPS) is 12.9. The van der Waals surface area contributed by atoms with Crippen molar-refractivity contribution in [3.05, 3.63) is 70.5 Å². The molecule has 0 aliphatic carbocycles. The lowest BCUT2D eigenvalue weighted by molar-refractivity contribution is -0.206. The van der Waals surface area contributed by atoms with E-state index in [0.717, 1.165) is 23.2 Å². The van der Waals surface area contributed by atoms with Crippen LogP contribution in [-0.2, 0) is 10.0 Å². The summed E-state index contributed by atoms with van der Waals surface area (Å²) in [5.41, 5.74) is 0.0370. The first-order chi connectivity index (χ1) is 14.8. The molecular weight excluding hydrogens is 517 g/mol. The van der Waals surface area contributed by atoms with Gasteiger partial charge in [-0.3, -0.25) is 9.52 Å². The van der Waals surface area contributed by atoms with E-state index in [-0.39, 0.29) is 22.6 Å². The van der Waals surface area contributed by atoms with E-state index in [1.807, 2.05) is 0 Å². The lowest BCUT2D eigenvalue weighted by atomic mass is 10.1. The first kappa shape index (κ1) is 23.8. The zero-order valence-corrected chi connectivity index (χ0v) is 18.7. The zero-order valence-electron chi connectivity index (χ0n) is 16.3. The van der Waals surface area contributed by atoms with Crippen LogP contribution in [0.3, 0.4) is 0 Å². The van der Waals surface area contributed by atoms with Gasteiger partial charge in [-0.05, 0) is 24.3 Å². The standard InChI is InChI=1S/C19H16BrF3N4O4S/c1-32(30,31)26-14-7-12(20)6-13(8-14)25-18(29)11-9-24-27(10-11)16-5-3-2-4-15(16)17(28)19(21,22)23/h2-10,17,26,28H,1H3,(H,25,29). The van der Waals surface area contributed by atoms with Crippen LogP contribution in [0.5, 0.6) is 0 Å². The highest BCUT2D eigenvalue weighted by Crippen LogP contribution is 2.35. The summed E-state index contributed by atoms with van der Waals surface area (Å²) in [4.78, 5) is 12.6. The molecule has 0 saturated heterocycles. The smallest absolute Gasteiger partial charge is 0.379 e. The number of carbonyl (C=O) groups is 1. The van der Waals surface area contributed by atoms with Gasteiger partial charge in [-0.2, -0.15) is 18.3 Å². The van der Waals surface area contributed by atoms with Gasteiger partial charge in [0, 0.05) is 21.9 Å². The molecule has 2 aromatic carbocycles. The van der Waals surface area contributed by atoms with E-state index in [2.05, 4.69) is 31.1 Å². The molecule has 1 atom stereocenters. The molecule has 1 heterocycles. The molecule has 0 spiro atoms. The minimum absolute atomic E-state index is 0.0268. The van der Waals surface area contributed by atoms with Crippen LogP contribution < -0.4 is 10.0 Å². The molecule has 0 radical (unpaired) electrons. The molecule has 3 aromatic rings. The summed E-state index contributed by atoms with van der Waals surface area (Å²) in [6.07, 6.45) is -4.25. The third-order valence-electron chi connectivity index (χ3n) is 4.09. The van der Waals surface area contributed by atoms with Crippen molar-refractivity contribution in [2.45, 2.75) is 12.3 Å². The quantitative estimate of drug-likeness (QED) is 0.446. The Morgan fingerprint density at radius 2 is 1.84 bits per heavy atom. The van der Waals surface area contributed by atoms with Gasteiger partial charge in [0.2, 0.25) is 10.0 Å². The number of hydrogen-bond acceptors (Lipinski definition) is 5. The summed E-state index contributed by atoms with van der Waals surface area (Å²) in [6.45, 7) is 0. The fraction of sp³-hybridized carbons (Fsp3) is 0.158. The highest BCUT2D eigenvalue weighted by atomic mass is 79.9. The van der Waals surface area contributed by atoms with E-state index in [1.54, 1.807) is 0 Å². The molecule has 1 amide bonds. The Hall–Kier alpha value is -2.90. The van der Waals surface area contributed by atoms with Crippen LogP contribution in [0.1, 0.15) is 22.0 Å². The van der Waals surface area contributed by atoms with E-state index in [9.17, 15) is 31.5 Å². The molecule has 0 bridgehead atoms. The van der Waals surface area contributed by atoms with E-state index < -0.39 is 33.8 Å². The molecular formula is C19H16BrF3N4O4S. The first-order valence-electron chi connectivity index (χ1n) is 8.82. The lowest BCUT2D eigenvalue weighted by Gasteiger charge is -2.18. The zero-order chi connectivity index (χ0) is 23.7. The van der Waals surface area contributed by atoms with Gasteiger partial charge in [-0.25, -0.2) is 13.1 Å². The number of benzene rings is 2. The number of nitrogens with zero attached hydrogens (tertiary/aromatic N) is 2. The minimum atomic E-state index is -4.87. The summed E-state index contributed by atoms with van der Waals surface area (Å²) >= 11 is 3.22. The third-order valence-corrected chi connectivity index (χ3v) is 5.16. The van der Waals surface area contributed by atoms with Crippen LogP contribution in [0.4, 0.5) is 24.5 Å². The van der Waals surface area contributed by atoms with Gasteiger partial charge in [0.05, 0.1) is 29.4 Å². The molecule has 1 aromatic heterocycles. The van der Waals surface area contributed by atoms with Gasteiger partial charge in [0.1, 0.15) is 0 Å². The molecule has 8 nitrogen and oxygen atoms in total. The molecule has 32 heavy (non-hydrogen) atoms. The van der Waals surface area contributed by atoms with Gasteiger partial charge in [0.25, 0.3) is 5.91 Å².